The van der Waals surface area contributed by atoms with Gasteiger partial charge in [0.1, 0.15) is 12.2 Å². The summed E-state index contributed by atoms with van der Waals surface area (Å²) >= 11 is 0. The largest absolute Gasteiger partial charge is 0.463 e. The number of hydrogen-bond donors (Lipinski definition) is 0. The number of hydrogen-bond acceptors (Lipinski definition) is 4. The molecule has 1 aromatic rings. The van der Waals surface area contributed by atoms with Gasteiger partial charge in [-0.15, -0.1) is 0 Å². The van der Waals surface area contributed by atoms with Crippen LogP contribution in [0.5, 0.6) is 0 Å². The Hall–Kier alpha value is -2.22. The molecule has 0 fully saturated rings. The van der Waals surface area contributed by atoms with Crippen molar-refractivity contribution >= 4 is 11.8 Å². The van der Waals surface area contributed by atoms with Crippen LogP contribution in [0, 0.1) is 17.1 Å². The maximum Gasteiger partial charge on any atom is 0.313 e. The standard InChI is InChI=1S/C13H12FNO3/c1-8(2)18-13(17)6-12(16)10-3-9(7-15)4-11(14)5-10/h3-5,8H,6H2,1-2H3. The number of benzene rings is 1. The number of esters is 1. The topological polar surface area (TPSA) is 67.2 Å². The Morgan fingerprint density at radius 1 is 1.39 bits per heavy atom. The maximum absolute atomic E-state index is 13.1. The summed E-state index contributed by atoms with van der Waals surface area (Å²) < 4.78 is 17.9. The molecule has 0 aliphatic carbocycles. The molecule has 0 atom stereocenters. The van der Waals surface area contributed by atoms with E-state index in [-0.39, 0.29) is 17.2 Å². The molecule has 94 valence electrons. The van der Waals surface area contributed by atoms with Crippen LogP contribution in [0.15, 0.2) is 18.2 Å². The molecular weight excluding hydrogens is 237 g/mol. The summed E-state index contributed by atoms with van der Waals surface area (Å²) in [5, 5.41) is 8.65. The van der Waals surface area contributed by atoms with Gasteiger partial charge in [-0.2, -0.15) is 5.26 Å². The molecule has 18 heavy (non-hydrogen) atoms. The van der Waals surface area contributed by atoms with E-state index in [1.165, 1.54) is 6.07 Å². The molecule has 0 spiro atoms. The molecule has 0 amide bonds. The van der Waals surface area contributed by atoms with Crippen molar-refractivity contribution < 1.29 is 18.7 Å². The van der Waals surface area contributed by atoms with E-state index >= 15 is 0 Å². The van der Waals surface area contributed by atoms with E-state index in [0.29, 0.717) is 0 Å². The summed E-state index contributed by atoms with van der Waals surface area (Å²) in [6, 6.07) is 4.99. The quantitative estimate of drug-likeness (QED) is 0.466. The Morgan fingerprint density at radius 2 is 2.06 bits per heavy atom. The zero-order valence-corrected chi connectivity index (χ0v) is 10.1. The highest BCUT2D eigenvalue weighted by Gasteiger charge is 2.15. The molecule has 0 radical (unpaired) electrons. The van der Waals surface area contributed by atoms with Crippen LogP contribution >= 0.6 is 0 Å². The second-order valence-corrected chi connectivity index (χ2v) is 3.98. The lowest BCUT2D eigenvalue weighted by Gasteiger charge is -2.07. The van der Waals surface area contributed by atoms with Crippen molar-refractivity contribution in [2.45, 2.75) is 26.4 Å². The number of carbonyl (C=O) groups excluding carboxylic acids is 2. The molecule has 4 nitrogen and oxygen atoms in total. The van der Waals surface area contributed by atoms with Gasteiger partial charge < -0.3 is 4.74 Å². The van der Waals surface area contributed by atoms with Gasteiger partial charge in [0.15, 0.2) is 5.78 Å². The molecule has 0 N–H and O–H groups in total. The van der Waals surface area contributed by atoms with Gasteiger partial charge >= 0.3 is 5.97 Å². The Labute approximate surface area is 104 Å². The number of carbonyl (C=O) groups is 2. The molecule has 0 saturated heterocycles. The van der Waals surface area contributed by atoms with Gasteiger partial charge in [-0.25, -0.2) is 4.39 Å². The van der Waals surface area contributed by atoms with Crippen LogP contribution in [0.2, 0.25) is 0 Å². The van der Waals surface area contributed by atoms with E-state index in [2.05, 4.69) is 0 Å². The third kappa shape index (κ3) is 3.98. The Bertz CT molecular complexity index is 517. The van der Waals surface area contributed by atoms with E-state index in [9.17, 15) is 14.0 Å². The van der Waals surface area contributed by atoms with Crippen molar-refractivity contribution in [3.63, 3.8) is 0 Å². The fraction of sp³-hybridized carbons (Fsp3) is 0.308. The average molecular weight is 249 g/mol. The number of ketones is 1. The summed E-state index contributed by atoms with van der Waals surface area (Å²) in [7, 11) is 0. The summed E-state index contributed by atoms with van der Waals surface area (Å²) in [5.41, 5.74) is 0.0304. The molecule has 0 aliphatic rings. The SMILES string of the molecule is CC(C)OC(=O)CC(=O)c1cc(F)cc(C#N)c1. The number of nitrogens with zero attached hydrogens (tertiary/aromatic N) is 1. The highest BCUT2D eigenvalue weighted by Crippen LogP contribution is 2.11. The zero-order valence-electron chi connectivity index (χ0n) is 10.1. The third-order valence-electron chi connectivity index (χ3n) is 2.02. The average Bonchev–Trinajstić information content (AvgIpc) is 2.26. The number of Topliss-reactive ketones (excluding diaryl/α,β-unsaturated/α-hetero) is 1. The van der Waals surface area contributed by atoms with Gasteiger partial charge in [-0.1, -0.05) is 0 Å². The first kappa shape index (κ1) is 13.8. The van der Waals surface area contributed by atoms with Gasteiger partial charge in [0.2, 0.25) is 0 Å². The Kier molecular flexibility index (Phi) is 4.55. The Balaban J connectivity index is 2.82. The first-order valence-electron chi connectivity index (χ1n) is 5.35. The van der Waals surface area contributed by atoms with Gasteiger partial charge in [-0.05, 0) is 32.0 Å². The third-order valence-corrected chi connectivity index (χ3v) is 2.02. The van der Waals surface area contributed by atoms with E-state index in [1.54, 1.807) is 19.9 Å². The molecule has 0 bridgehead atoms. The number of ether oxygens (including phenoxy) is 1. The summed E-state index contributed by atoms with van der Waals surface area (Å²) in [6.07, 6.45) is -0.778. The van der Waals surface area contributed by atoms with Gasteiger partial charge in [-0.3, -0.25) is 9.59 Å². The number of rotatable bonds is 4. The van der Waals surface area contributed by atoms with Crippen molar-refractivity contribution in [1.82, 2.24) is 0 Å². The zero-order chi connectivity index (χ0) is 13.7. The molecule has 1 aromatic carbocycles. The second kappa shape index (κ2) is 5.92. The van der Waals surface area contributed by atoms with E-state index in [1.807, 2.05) is 0 Å². The molecule has 1 rings (SSSR count). The predicted octanol–water partition coefficient (Wildman–Crippen LogP) is 2.22. The van der Waals surface area contributed by atoms with Crippen molar-refractivity contribution in [2.24, 2.45) is 0 Å². The van der Waals surface area contributed by atoms with Crippen LogP contribution in [-0.4, -0.2) is 17.9 Å². The molecule has 0 aliphatic heterocycles. The van der Waals surface area contributed by atoms with E-state index in [4.69, 9.17) is 10.00 Å². The smallest absolute Gasteiger partial charge is 0.313 e. The van der Waals surface area contributed by atoms with Crippen LogP contribution in [0.3, 0.4) is 0 Å². The van der Waals surface area contributed by atoms with Crippen LogP contribution in [0.1, 0.15) is 36.2 Å². The van der Waals surface area contributed by atoms with Crippen LogP contribution in [0.25, 0.3) is 0 Å². The molecule has 5 heteroatoms. The minimum absolute atomic E-state index is 0.00717. The summed E-state index contributed by atoms with van der Waals surface area (Å²) in [6.45, 7) is 3.33. The van der Waals surface area contributed by atoms with E-state index < -0.39 is 24.0 Å². The van der Waals surface area contributed by atoms with Crippen molar-refractivity contribution in [2.75, 3.05) is 0 Å². The van der Waals surface area contributed by atoms with Gasteiger partial charge in [0.05, 0.1) is 17.7 Å². The highest BCUT2D eigenvalue weighted by atomic mass is 19.1. The fourth-order valence-electron chi connectivity index (χ4n) is 1.35. The maximum atomic E-state index is 13.1. The van der Waals surface area contributed by atoms with Crippen molar-refractivity contribution in [3.05, 3.63) is 35.1 Å². The van der Waals surface area contributed by atoms with Crippen LogP contribution in [0.4, 0.5) is 4.39 Å². The summed E-state index contributed by atoms with van der Waals surface area (Å²) in [5.74, 6) is -1.93. The Morgan fingerprint density at radius 3 is 2.61 bits per heavy atom. The molecule has 0 saturated carbocycles. The monoisotopic (exact) mass is 249 g/mol. The first-order chi connectivity index (χ1) is 8.42. The van der Waals surface area contributed by atoms with Crippen LogP contribution < -0.4 is 0 Å². The molecule has 0 unspecified atom stereocenters. The molecular formula is C13H12FNO3. The molecule has 0 heterocycles. The van der Waals surface area contributed by atoms with E-state index in [0.717, 1.165) is 12.1 Å². The highest BCUT2D eigenvalue weighted by molar-refractivity contribution is 6.06. The fourth-order valence-corrected chi connectivity index (χ4v) is 1.35. The lowest BCUT2D eigenvalue weighted by atomic mass is 10.1. The second-order valence-electron chi connectivity index (χ2n) is 3.98. The van der Waals surface area contributed by atoms with Gasteiger partial charge in [0.25, 0.3) is 0 Å². The van der Waals surface area contributed by atoms with Crippen molar-refractivity contribution in [3.8, 4) is 6.07 Å². The summed E-state index contributed by atoms with van der Waals surface area (Å²) in [4.78, 5) is 23.0. The lowest BCUT2D eigenvalue weighted by Crippen LogP contribution is -2.15. The first-order valence-corrected chi connectivity index (χ1v) is 5.35. The number of nitriles is 1. The minimum atomic E-state index is -0.686. The predicted molar refractivity (Wildman–Crippen MR) is 61.3 cm³/mol. The molecule has 0 aromatic heterocycles. The minimum Gasteiger partial charge on any atom is -0.463 e. The normalized spacial score (nSPS) is 9.94. The lowest BCUT2D eigenvalue weighted by molar-refractivity contribution is -0.146. The number of halogens is 1. The van der Waals surface area contributed by atoms with Crippen molar-refractivity contribution in [1.29, 1.82) is 5.26 Å². The van der Waals surface area contributed by atoms with Gasteiger partial charge in [0, 0.05) is 5.56 Å². The van der Waals surface area contributed by atoms with Crippen LogP contribution in [-0.2, 0) is 9.53 Å².